The maximum Gasteiger partial charge on any atom is 0.134 e. The second-order valence-electron chi connectivity index (χ2n) is 7.08. The molecule has 0 amide bonds. The molecular weight excluding hydrogens is 312 g/mol. The third kappa shape index (κ3) is 3.47. The Morgan fingerprint density at radius 1 is 0.960 bits per heavy atom. The number of anilines is 2. The molecular formula is C20H26N4O. The molecule has 0 bridgehead atoms. The van der Waals surface area contributed by atoms with Crippen molar-refractivity contribution < 1.29 is 5.11 Å². The smallest absolute Gasteiger partial charge is 0.134 e. The fourth-order valence-electron chi connectivity index (χ4n) is 4.16. The van der Waals surface area contributed by atoms with E-state index in [1.165, 1.54) is 5.56 Å². The zero-order valence-corrected chi connectivity index (χ0v) is 14.6. The minimum atomic E-state index is 0.196. The van der Waals surface area contributed by atoms with E-state index >= 15 is 0 Å². The quantitative estimate of drug-likeness (QED) is 0.929. The van der Waals surface area contributed by atoms with Crippen LogP contribution in [0.5, 0.6) is 0 Å². The van der Waals surface area contributed by atoms with Crippen molar-refractivity contribution in [2.45, 2.75) is 37.6 Å². The molecule has 1 N–H and O–H groups in total. The maximum atomic E-state index is 9.56. The van der Waals surface area contributed by atoms with Gasteiger partial charge in [-0.25, -0.2) is 9.97 Å². The monoisotopic (exact) mass is 338 g/mol. The minimum Gasteiger partial charge on any atom is -0.394 e. The van der Waals surface area contributed by atoms with Crippen molar-refractivity contribution in [1.82, 2.24) is 9.97 Å². The number of aliphatic hydroxyl groups excluding tert-OH is 1. The normalized spacial score (nSPS) is 21.7. The van der Waals surface area contributed by atoms with Crippen molar-refractivity contribution in [2.24, 2.45) is 0 Å². The number of aliphatic hydroxyl groups is 1. The van der Waals surface area contributed by atoms with Crippen LogP contribution in [0.3, 0.4) is 0 Å². The SMILES string of the molecule is OCC1CCCN1c1cc(N2CCC(c3ccccc3)CC2)ncn1. The van der Waals surface area contributed by atoms with Crippen LogP contribution in [0.1, 0.15) is 37.2 Å². The van der Waals surface area contributed by atoms with Crippen molar-refractivity contribution in [3.05, 3.63) is 48.3 Å². The lowest BCUT2D eigenvalue weighted by atomic mass is 9.89. The van der Waals surface area contributed by atoms with Crippen LogP contribution >= 0.6 is 0 Å². The van der Waals surface area contributed by atoms with E-state index in [0.29, 0.717) is 5.92 Å². The van der Waals surface area contributed by atoms with Gasteiger partial charge in [-0.3, -0.25) is 0 Å². The molecule has 2 aliphatic rings. The first kappa shape index (κ1) is 16.3. The van der Waals surface area contributed by atoms with Gasteiger partial charge in [0, 0.05) is 25.7 Å². The Morgan fingerprint density at radius 2 is 1.72 bits per heavy atom. The van der Waals surface area contributed by atoms with Crippen LogP contribution in [0.15, 0.2) is 42.7 Å². The molecule has 2 saturated heterocycles. The molecule has 1 unspecified atom stereocenters. The van der Waals surface area contributed by atoms with Crippen molar-refractivity contribution in [3.8, 4) is 0 Å². The van der Waals surface area contributed by atoms with Gasteiger partial charge in [-0.2, -0.15) is 0 Å². The number of rotatable bonds is 4. The van der Waals surface area contributed by atoms with E-state index < -0.39 is 0 Å². The Labute approximate surface area is 149 Å². The maximum absolute atomic E-state index is 9.56. The zero-order valence-electron chi connectivity index (χ0n) is 14.6. The first-order chi connectivity index (χ1) is 12.3. The summed E-state index contributed by atoms with van der Waals surface area (Å²) >= 11 is 0. The number of aromatic nitrogens is 2. The second-order valence-corrected chi connectivity index (χ2v) is 7.08. The predicted molar refractivity (Wildman–Crippen MR) is 100 cm³/mol. The molecule has 0 aliphatic carbocycles. The molecule has 5 heteroatoms. The lowest BCUT2D eigenvalue weighted by Crippen LogP contribution is -2.35. The van der Waals surface area contributed by atoms with E-state index in [9.17, 15) is 5.11 Å². The highest BCUT2D eigenvalue weighted by molar-refractivity contribution is 5.51. The highest BCUT2D eigenvalue weighted by Gasteiger charge is 2.26. The Hall–Kier alpha value is -2.14. The van der Waals surface area contributed by atoms with E-state index in [1.807, 2.05) is 0 Å². The molecule has 3 heterocycles. The van der Waals surface area contributed by atoms with E-state index in [1.54, 1.807) is 6.33 Å². The average Bonchev–Trinajstić information content (AvgIpc) is 3.18. The molecule has 2 aromatic rings. The first-order valence-corrected chi connectivity index (χ1v) is 9.34. The van der Waals surface area contributed by atoms with Crippen LogP contribution in [-0.4, -0.2) is 47.4 Å². The molecule has 0 saturated carbocycles. The van der Waals surface area contributed by atoms with Gasteiger partial charge in [0.05, 0.1) is 12.6 Å². The van der Waals surface area contributed by atoms with E-state index in [0.717, 1.165) is 57.0 Å². The molecule has 25 heavy (non-hydrogen) atoms. The summed E-state index contributed by atoms with van der Waals surface area (Å²) in [6.07, 6.45) is 6.14. The molecule has 4 rings (SSSR count). The summed E-state index contributed by atoms with van der Waals surface area (Å²) in [5.74, 6) is 2.61. The molecule has 5 nitrogen and oxygen atoms in total. The summed E-state index contributed by atoms with van der Waals surface area (Å²) < 4.78 is 0. The van der Waals surface area contributed by atoms with Crippen molar-refractivity contribution in [1.29, 1.82) is 0 Å². The fraction of sp³-hybridized carbons (Fsp3) is 0.500. The van der Waals surface area contributed by atoms with Gasteiger partial charge in [0.1, 0.15) is 18.0 Å². The number of nitrogens with zero attached hydrogens (tertiary/aromatic N) is 4. The van der Waals surface area contributed by atoms with Gasteiger partial charge < -0.3 is 14.9 Å². The number of hydrogen-bond donors (Lipinski definition) is 1. The second kappa shape index (κ2) is 7.40. The highest BCUT2D eigenvalue weighted by Crippen LogP contribution is 2.31. The number of hydrogen-bond acceptors (Lipinski definition) is 5. The number of benzene rings is 1. The van der Waals surface area contributed by atoms with Crippen molar-refractivity contribution in [2.75, 3.05) is 36.0 Å². The van der Waals surface area contributed by atoms with Crippen molar-refractivity contribution in [3.63, 3.8) is 0 Å². The molecule has 1 aromatic heterocycles. The summed E-state index contributed by atoms with van der Waals surface area (Å²) in [4.78, 5) is 13.6. The Balaban J connectivity index is 1.44. The average molecular weight is 338 g/mol. The Kier molecular flexibility index (Phi) is 4.83. The fourth-order valence-corrected chi connectivity index (χ4v) is 4.16. The van der Waals surface area contributed by atoms with Crippen LogP contribution in [-0.2, 0) is 0 Å². The summed E-state index contributed by atoms with van der Waals surface area (Å²) in [7, 11) is 0. The lowest BCUT2D eigenvalue weighted by Gasteiger charge is -2.33. The molecule has 0 radical (unpaired) electrons. The molecule has 132 valence electrons. The van der Waals surface area contributed by atoms with Gasteiger partial charge in [-0.15, -0.1) is 0 Å². The zero-order chi connectivity index (χ0) is 17.1. The molecule has 2 fully saturated rings. The first-order valence-electron chi connectivity index (χ1n) is 9.34. The van der Waals surface area contributed by atoms with E-state index in [2.05, 4.69) is 56.2 Å². The third-order valence-corrected chi connectivity index (χ3v) is 5.61. The number of piperidine rings is 1. The van der Waals surface area contributed by atoms with E-state index in [-0.39, 0.29) is 12.6 Å². The Bertz CT molecular complexity index is 685. The molecule has 0 spiro atoms. The highest BCUT2D eigenvalue weighted by atomic mass is 16.3. The van der Waals surface area contributed by atoms with Gasteiger partial charge in [0.25, 0.3) is 0 Å². The van der Waals surface area contributed by atoms with E-state index in [4.69, 9.17) is 0 Å². The third-order valence-electron chi connectivity index (χ3n) is 5.61. The topological polar surface area (TPSA) is 52.5 Å². The largest absolute Gasteiger partial charge is 0.394 e. The van der Waals surface area contributed by atoms with Crippen LogP contribution in [0.25, 0.3) is 0 Å². The minimum absolute atomic E-state index is 0.196. The van der Waals surface area contributed by atoms with Gasteiger partial charge in [-0.05, 0) is 37.2 Å². The van der Waals surface area contributed by atoms with Gasteiger partial charge >= 0.3 is 0 Å². The van der Waals surface area contributed by atoms with Crippen LogP contribution in [0.2, 0.25) is 0 Å². The molecule has 2 aliphatic heterocycles. The van der Waals surface area contributed by atoms with Gasteiger partial charge in [-0.1, -0.05) is 30.3 Å². The Morgan fingerprint density at radius 3 is 2.48 bits per heavy atom. The predicted octanol–water partition coefficient (Wildman–Crippen LogP) is 2.82. The molecule has 1 aromatic carbocycles. The lowest BCUT2D eigenvalue weighted by molar-refractivity contribution is 0.266. The van der Waals surface area contributed by atoms with Gasteiger partial charge in [0.2, 0.25) is 0 Å². The van der Waals surface area contributed by atoms with Crippen LogP contribution in [0, 0.1) is 0 Å². The standard InChI is InChI=1S/C20H26N4O/c25-14-18-7-4-10-24(18)20-13-19(21-15-22-20)23-11-8-17(9-12-23)16-5-2-1-3-6-16/h1-3,5-6,13,15,17-18,25H,4,7-12,14H2. The summed E-state index contributed by atoms with van der Waals surface area (Å²) in [5.41, 5.74) is 1.45. The van der Waals surface area contributed by atoms with Crippen LogP contribution in [0.4, 0.5) is 11.6 Å². The van der Waals surface area contributed by atoms with Crippen LogP contribution < -0.4 is 9.80 Å². The summed E-state index contributed by atoms with van der Waals surface area (Å²) in [6, 6.07) is 13.1. The molecule has 1 atom stereocenters. The summed E-state index contributed by atoms with van der Waals surface area (Å²) in [5, 5.41) is 9.56. The summed E-state index contributed by atoms with van der Waals surface area (Å²) in [6.45, 7) is 3.22. The van der Waals surface area contributed by atoms with Gasteiger partial charge in [0.15, 0.2) is 0 Å². The van der Waals surface area contributed by atoms with Crippen molar-refractivity contribution >= 4 is 11.6 Å².